The SMILES string of the molecule is C/C=C/C(=O)Oc1c([N+](=O)[O-])cc(C(CC)CCC)cc1[N+](=O)[O-]. The van der Waals surface area contributed by atoms with Crippen LogP contribution in [0.2, 0.25) is 0 Å². The van der Waals surface area contributed by atoms with Crippen LogP contribution in [0.25, 0.3) is 0 Å². The van der Waals surface area contributed by atoms with Gasteiger partial charge in [0.05, 0.1) is 9.85 Å². The average Bonchev–Trinajstić information content (AvgIpc) is 2.52. The maximum absolute atomic E-state index is 11.6. The Morgan fingerprint density at radius 1 is 1.21 bits per heavy atom. The van der Waals surface area contributed by atoms with Crippen LogP contribution in [0, 0.1) is 20.2 Å². The van der Waals surface area contributed by atoms with Crippen LogP contribution in [0.15, 0.2) is 24.3 Å². The van der Waals surface area contributed by atoms with Crippen LogP contribution in [0.1, 0.15) is 51.5 Å². The van der Waals surface area contributed by atoms with Gasteiger partial charge in [0.1, 0.15) is 0 Å². The zero-order valence-electron chi connectivity index (χ0n) is 13.9. The van der Waals surface area contributed by atoms with E-state index in [0.717, 1.165) is 18.9 Å². The zero-order valence-corrected chi connectivity index (χ0v) is 13.9. The summed E-state index contributed by atoms with van der Waals surface area (Å²) in [6.07, 6.45) is 4.70. The number of hydrogen-bond acceptors (Lipinski definition) is 6. The molecule has 0 saturated heterocycles. The smallest absolute Gasteiger partial charge is 0.336 e. The second-order valence-corrected chi connectivity index (χ2v) is 5.22. The van der Waals surface area contributed by atoms with E-state index >= 15 is 0 Å². The molecule has 0 aliphatic heterocycles. The lowest BCUT2D eigenvalue weighted by atomic mass is 9.91. The van der Waals surface area contributed by atoms with E-state index < -0.39 is 32.9 Å². The summed E-state index contributed by atoms with van der Waals surface area (Å²) < 4.78 is 4.86. The molecule has 0 aromatic heterocycles. The molecule has 0 heterocycles. The molecule has 0 radical (unpaired) electrons. The Bertz CT molecular complexity index is 634. The maximum Gasteiger partial charge on any atom is 0.336 e. The molecule has 0 aliphatic carbocycles. The highest BCUT2D eigenvalue weighted by Crippen LogP contribution is 2.41. The molecule has 0 N–H and O–H groups in total. The van der Waals surface area contributed by atoms with Crippen molar-refractivity contribution in [3.8, 4) is 5.75 Å². The number of nitrogens with zero attached hydrogens (tertiary/aromatic N) is 2. The number of rotatable bonds is 8. The predicted octanol–water partition coefficient (Wildman–Crippen LogP) is 4.28. The molecule has 1 rings (SSSR count). The zero-order chi connectivity index (χ0) is 18.3. The van der Waals surface area contributed by atoms with Gasteiger partial charge in [0.25, 0.3) is 5.75 Å². The van der Waals surface area contributed by atoms with Gasteiger partial charge in [0.2, 0.25) is 0 Å². The van der Waals surface area contributed by atoms with Crippen LogP contribution < -0.4 is 4.74 Å². The Balaban J connectivity index is 3.53. The molecule has 8 heteroatoms. The first-order valence-corrected chi connectivity index (χ1v) is 7.66. The van der Waals surface area contributed by atoms with Crippen molar-refractivity contribution in [2.75, 3.05) is 0 Å². The monoisotopic (exact) mass is 336 g/mol. The molecule has 130 valence electrons. The van der Waals surface area contributed by atoms with Crippen molar-refractivity contribution in [2.45, 2.75) is 46.0 Å². The van der Waals surface area contributed by atoms with E-state index in [2.05, 4.69) is 0 Å². The quantitative estimate of drug-likeness (QED) is 0.230. The van der Waals surface area contributed by atoms with Crippen LogP contribution in [-0.4, -0.2) is 15.8 Å². The number of ether oxygens (including phenoxy) is 1. The number of benzene rings is 1. The Morgan fingerprint density at radius 2 is 1.75 bits per heavy atom. The molecule has 0 bridgehead atoms. The first-order chi connectivity index (χ1) is 11.3. The fourth-order valence-electron chi connectivity index (χ4n) is 2.46. The van der Waals surface area contributed by atoms with E-state index in [9.17, 15) is 25.0 Å². The topological polar surface area (TPSA) is 113 Å². The van der Waals surface area contributed by atoms with Crippen LogP contribution in [0.4, 0.5) is 11.4 Å². The number of nitro groups is 2. The van der Waals surface area contributed by atoms with E-state index in [4.69, 9.17) is 4.74 Å². The molecule has 1 unspecified atom stereocenters. The standard InChI is InChI=1S/C16H20N2O6/c1-4-7-11(6-3)12-9-13(17(20)21)16(14(10-12)18(22)23)24-15(19)8-5-2/h5,8-11H,4,6-7H2,1-3H3/b8-5+. The normalized spacial score (nSPS) is 12.1. The van der Waals surface area contributed by atoms with Crippen LogP contribution in [-0.2, 0) is 4.79 Å². The Labute approximate surface area is 139 Å². The molecule has 1 atom stereocenters. The van der Waals surface area contributed by atoms with Gasteiger partial charge in [-0.15, -0.1) is 0 Å². The molecule has 0 spiro atoms. The summed E-state index contributed by atoms with van der Waals surface area (Å²) in [5, 5.41) is 22.7. The molecule has 0 saturated carbocycles. The fourth-order valence-corrected chi connectivity index (χ4v) is 2.46. The van der Waals surface area contributed by atoms with E-state index in [1.54, 1.807) is 6.92 Å². The summed E-state index contributed by atoms with van der Waals surface area (Å²) in [5.74, 6) is -1.58. The minimum absolute atomic E-state index is 0.0345. The highest BCUT2D eigenvalue weighted by Gasteiger charge is 2.31. The van der Waals surface area contributed by atoms with E-state index in [0.29, 0.717) is 12.0 Å². The summed E-state index contributed by atoms with van der Waals surface area (Å²) >= 11 is 0. The highest BCUT2D eigenvalue weighted by atomic mass is 16.6. The van der Waals surface area contributed by atoms with Gasteiger partial charge in [0.15, 0.2) is 0 Å². The Hall–Kier alpha value is -2.77. The van der Waals surface area contributed by atoms with Gasteiger partial charge in [-0.3, -0.25) is 20.2 Å². The van der Waals surface area contributed by atoms with Crippen molar-refractivity contribution >= 4 is 17.3 Å². The largest absolute Gasteiger partial charge is 0.409 e. The molecule has 0 aliphatic rings. The molecule has 8 nitrogen and oxygen atoms in total. The molecular weight excluding hydrogens is 316 g/mol. The van der Waals surface area contributed by atoms with Crippen LogP contribution in [0.3, 0.4) is 0 Å². The maximum atomic E-state index is 11.6. The van der Waals surface area contributed by atoms with Crippen LogP contribution >= 0.6 is 0 Å². The third-order valence-electron chi connectivity index (χ3n) is 3.57. The lowest BCUT2D eigenvalue weighted by Gasteiger charge is -2.15. The molecule has 1 aromatic carbocycles. The summed E-state index contributed by atoms with van der Waals surface area (Å²) in [5.41, 5.74) is -0.651. The predicted molar refractivity (Wildman–Crippen MR) is 88.1 cm³/mol. The van der Waals surface area contributed by atoms with Gasteiger partial charge in [-0.05, 0) is 31.2 Å². The number of hydrogen-bond donors (Lipinski definition) is 0. The minimum atomic E-state index is -0.906. The van der Waals surface area contributed by atoms with E-state index in [1.165, 1.54) is 18.2 Å². The Kier molecular flexibility index (Phi) is 7.03. The summed E-state index contributed by atoms with van der Waals surface area (Å²) in [7, 11) is 0. The van der Waals surface area contributed by atoms with Gasteiger partial charge >= 0.3 is 17.3 Å². The molecule has 1 aromatic rings. The van der Waals surface area contributed by atoms with Gasteiger partial charge < -0.3 is 4.74 Å². The molecular formula is C16H20N2O6. The second kappa shape index (κ2) is 8.76. The minimum Gasteiger partial charge on any atom is -0.409 e. The third kappa shape index (κ3) is 4.61. The lowest BCUT2D eigenvalue weighted by molar-refractivity contribution is -0.395. The van der Waals surface area contributed by atoms with Gasteiger partial charge in [-0.25, -0.2) is 4.79 Å². The van der Waals surface area contributed by atoms with Crippen molar-refractivity contribution in [1.82, 2.24) is 0 Å². The lowest BCUT2D eigenvalue weighted by Crippen LogP contribution is -2.09. The van der Waals surface area contributed by atoms with E-state index in [-0.39, 0.29) is 5.92 Å². The molecule has 0 fully saturated rings. The molecule has 0 amide bonds. The van der Waals surface area contributed by atoms with Crippen molar-refractivity contribution in [3.63, 3.8) is 0 Å². The van der Waals surface area contributed by atoms with Gasteiger partial charge in [0, 0.05) is 18.2 Å². The summed E-state index contributed by atoms with van der Waals surface area (Å²) in [6.45, 7) is 5.44. The number of esters is 1. The van der Waals surface area contributed by atoms with Crippen molar-refractivity contribution < 1.29 is 19.4 Å². The number of allylic oxidation sites excluding steroid dienone is 1. The summed E-state index contributed by atoms with van der Waals surface area (Å²) in [4.78, 5) is 32.7. The third-order valence-corrected chi connectivity index (χ3v) is 3.57. The number of carbonyl (C=O) groups is 1. The van der Waals surface area contributed by atoms with Gasteiger partial charge in [-0.2, -0.15) is 0 Å². The average molecular weight is 336 g/mol. The van der Waals surface area contributed by atoms with Crippen LogP contribution in [0.5, 0.6) is 5.75 Å². The first-order valence-electron chi connectivity index (χ1n) is 7.66. The highest BCUT2D eigenvalue weighted by molar-refractivity contribution is 5.86. The molecule has 24 heavy (non-hydrogen) atoms. The second-order valence-electron chi connectivity index (χ2n) is 5.22. The van der Waals surface area contributed by atoms with Crippen molar-refractivity contribution in [1.29, 1.82) is 0 Å². The summed E-state index contributed by atoms with van der Waals surface area (Å²) in [6, 6.07) is 2.52. The number of carbonyl (C=O) groups excluding carboxylic acids is 1. The van der Waals surface area contributed by atoms with E-state index in [1.807, 2.05) is 13.8 Å². The number of nitro benzene ring substituents is 2. The Morgan fingerprint density at radius 3 is 2.12 bits per heavy atom. The van der Waals surface area contributed by atoms with Gasteiger partial charge in [-0.1, -0.05) is 26.3 Å². The van der Waals surface area contributed by atoms with Crippen molar-refractivity contribution in [2.24, 2.45) is 0 Å². The van der Waals surface area contributed by atoms with Crippen molar-refractivity contribution in [3.05, 3.63) is 50.1 Å². The fraction of sp³-hybridized carbons (Fsp3) is 0.438. The first kappa shape index (κ1) is 19.3.